The molecule has 0 amide bonds. The van der Waals surface area contributed by atoms with Crippen LogP contribution < -0.4 is 14.8 Å². The first-order valence-corrected chi connectivity index (χ1v) is 19.9. The molecule has 1 spiro atoms. The van der Waals surface area contributed by atoms with Gasteiger partial charge < -0.3 is 23.9 Å². The molecule has 6 unspecified atom stereocenters. The molecule has 4 bridgehead atoms. The molecule has 4 aliphatic carbocycles. The topological polar surface area (TPSA) is 96.6 Å². The van der Waals surface area contributed by atoms with E-state index in [0.29, 0.717) is 41.6 Å². The lowest BCUT2D eigenvalue weighted by molar-refractivity contribution is -0.697. The van der Waals surface area contributed by atoms with Gasteiger partial charge in [0.1, 0.15) is 18.9 Å². The molecule has 6 fully saturated rings. The zero-order valence-corrected chi connectivity index (χ0v) is 32.8. The molecule has 54 heavy (non-hydrogen) atoms. The third-order valence-corrected chi connectivity index (χ3v) is 13.7. The average Bonchev–Trinajstić information content (AvgIpc) is 3.65. The van der Waals surface area contributed by atoms with Crippen LogP contribution in [0.5, 0.6) is 5.75 Å². The van der Waals surface area contributed by atoms with Crippen LogP contribution in [0.2, 0.25) is 5.02 Å². The molecule has 1 aromatic heterocycles. The molecule has 2 saturated heterocycles. The molecular formula is C43H52BClNO8+. The van der Waals surface area contributed by atoms with E-state index in [0.717, 1.165) is 72.3 Å². The fourth-order valence-electron chi connectivity index (χ4n) is 9.82. The molecule has 286 valence electrons. The van der Waals surface area contributed by atoms with E-state index in [1.165, 1.54) is 6.42 Å². The van der Waals surface area contributed by atoms with Crippen LogP contribution in [0.4, 0.5) is 0 Å². The maximum Gasteiger partial charge on any atom is 0.494 e. The van der Waals surface area contributed by atoms with E-state index in [9.17, 15) is 4.79 Å². The van der Waals surface area contributed by atoms with Crippen LogP contribution in [0.3, 0.4) is 0 Å². The minimum atomic E-state index is -1.12. The van der Waals surface area contributed by atoms with Crippen molar-refractivity contribution >= 4 is 42.3 Å². The van der Waals surface area contributed by atoms with Crippen molar-refractivity contribution in [2.24, 2.45) is 23.7 Å². The fraction of sp³-hybridized carbons (Fsp3) is 0.535. The zero-order valence-electron chi connectivity index (χ0n) is 32.0. The molecule has 2 aromatic carbocycles. The second-order valence-electron chi connectivity index (χ2n) is 17.0. The van der Waals surface area contributed by atoms with Gasteiger partial charge in [0, 0.05) is 49.1 Å². The van der Waals surface area contributed by atoms with Gasteiger partial charge in [-0.1, -0.05) is 60.2 Å². The van der Waals surface area contributed by atoms with Gasteiger partial charge in [-0.15, -0.1) is 0 Å². The highest BCUT2D eigenvalue weighted by molar-refractivity contribution is 6.62. The summed E-state index contributed by atoms with van der Waals surface area (Å²) >= 11 is 7.43. The van der Waals surface area contributed by atoms with Gasteiger partial charge in [0.25, 0.3) is 5.79 Å². The number of aryl methyl sites for hydroxylation is 1. The molecule has 3 aromatic rings. The van der Waals surface area contributed by atoms with E-state index in [2.05, 4.69) is 62.9 Å². The number of aromatic nitrogens is 1. The summed E-state index contributed by atoms with van der Waals surface area (Å²) in [5.74, 6) is 0.834. The second-order valence-corrected chi connectivity index (χ2v) is 17.4. The van der Waals surface area contributed by atoms with Gasteiger partial charge in [0.05, 0.1) is 16.2 Å². The summed E-state index contributed by atoms with van der Waals surface area (Å²) in [5, 5.41) is 9.35. The van der Waals surface area contributed by atoms with Crippen LogP contribution in [0.1, 0.15) is 101 Å². The van der Waals surface area contributed by atoms with Crippen molar-refractivity contribution in [3.63, 3.8) is 0 Å². The predicted octanol–water partition coefficient (Wildman–Crippen LogP) is 7.89. The molecule has 9 rings (SSSR count). The smallest absolute Gasteiger partial charge is 0.487 e. The highest BCUT2D eigenvalue weighted by Crippen LogP contribution is 2.73. The Bertz CT molecular complexity index is 1880. The normalized spacial score (nSPS) is 30.1. The number of benzene rings is 2. The fourth-order valence-corrected chi connectivity index (χ4v) is 10.2. The van der Waals surface area contributed by atoms with Gasteiger partial charge in [-0.25, -0.2) is 9.45 Å². The Hall–Kier alpha value is -3.25. The number of rotatable bonds is 14. The lowest BCUT2D eigenvalue weighted by Gasteiger charge is -2.60. The van der Waals surface area contributed by atoms with Crippen molar-refractivity contribution in [3.05, 3.63) is 88.2 Å². The van der Waals surface area contributed by atoms with Crippen molar-refractivity contribution in [3.8, 4) is 5.75 Å². The molecule has 2 aliphatic heterocycles. The molecule has 1 N–H and O–H groups in total. The maximum atomic E-state index is 10.8. The Balaban J connectivity index is 1.05. The van der Waals surface area contributed by atoms with Crippen LogP contribution in [-0.2, 0) is 47.6 Å². The van der Waals surface area contributed by atoms with E-state index >= 15 is 0 Å². The molecule has 4 saturated carbocycles. The minimum absolute atomic E-state index is 0.218. The number of carbonyl (C=O) groups is 1. The Morgan fingerprint density at radius 2 is 1.67 bits per heavy atom. The third-order valence-electron chi connectivity index (χ3n) is 13.3. The van der Waals surface area contributed by atoms with Crippen molar-refractivity contribution in [1.29, 1.82) is 0 Å². The van der Waals surface area contributed by atoms with Gasteiger partial charge in [-0.05, 0) is 101 Å². The van der Waals surface area contributed by atoms with Crippen LogP contribution >= 0.6 is 11.6 Å². The number of carboxylic acid groups (broad SMARTS) is 1. The van der Waals surface area contributed by atoms with Crippen LogP contribution in [0.15, 0.2) is 60.9 Å². The number of carboxylic acids is 1. The first kappa shape index (κ1) is 37.7. The lowest BCUT2D eigenvalue weighted by Crippen LogP contribution is -2.71. The molecular weight excluding hydrogens is 705 g/mol. The maximum absolute atomic E-state index is 10.8. The Kier molecular flexibility index (Phi) is 10.0. The first-order chi connectivity index (χ1) is 25.9. The summed E-state index contributed by atoms with van der Waals surface area (Å²) < 4.78 is 27.7. The zero-order chi connectivity index (χ0) is 37.9. The van der Waals surface area contributed by atoms with Gasteiger partial charge >= 0.3 is 13.1 Å². The van der Waals surface area contributed by atoms with E-state index in [1.807, 2.05) is 42.5 Å². The summed E-state index contributed by atoms with van der Waals surface area (Å²) in [4.78, 5) is 23.1. The highest BCUT2D eigenvalue weighted by Gasteiger charge is 2.80. The second kappa shape index (κ2) is 14.4. The lowest BCUT2D eigenvalue weighted by atomic mass is 9.65. The third kappa shape index (κ3) is 6.41. The van der Waals surface area contributed by atoms with Crippen LogP contribution in [-0.4, -0.2) is 42.1 Å². The van der Waals surface area contributed by atoms with Gasteiger partial charge in [-0.2, -0.15) is 4.89 Å². The van der Waals surface area contributed by atoms with E-state index in [-0.39, 0.29) is 6.42 Å². The molecule has 11 heteroatoms. The minimum Gasteiger partial charge on any atom is -0.487 e. The molecule has 6 atom stereocenters. The summed E-state index contributed by atoms with van der Waals surface area (Å²) in [7, 11) is 1.26. The van der Waals surface area contributed by atoms with Crippen molar-refractivity contribution < 1.29 is 43.0 Å². The number of nitrogens with zero attached hydrogens (tertiary/aromatic N) is 1. The quantitative estimate of drug-likeness (QED) is 0.0769. The highest BCUT2D eigenvalue weighted by atomic mass is 35.5. The van der Waals surface area contributed by atoms with Crippen LogP contribution in [0.25, 0.3) is 12.2 Å². The summed E-state index contributed by atoms with van der Waals surface area (Å²) in [6, 6.07) is 16.3. The van der Waals surface area contributed by atoms with Gasteiger partial charge in [-0.3, -0.25) is 4.79 Å². The van der Waals surface area contributed by atoms with Gasteiger partial charge in [0.15, 0.2) is 18.0 Å². The van der Waals surface area contributed by atoms with E-state index in [1.54, 1.807) is 7.11 Å². The van der Waals surface area contributed by atoms with E-state index in [4.69, 9.17) is 45.3 Å². The molecule has 3 heterocycles. The van der Waals surface area contributed by atoms with E-state index < -0.39 is 35.7 Å². The summed E-state index contributed by atoms with van der Waals surface area (Å²) in [6.07, 6.45) is 15.6. The Morgan fingerprint density at radius 1 is 0.926 bits per heavy atom. The summed E-state index contributed by atoms with van der Waals surface area (Å²) in [6.45, 7) is 9.36. The van der Waals surface area contributed by atoms with Crippen molar-refractivity contribution in [2.75, 3.05) is 7.11 Å². The van der Waals surface area contributed by atoms with Crippen LogP contribution in [0, 0.1) is 23.7 Å². The predicted molar refractivity (Wildman–Crippen MR) is 206 cm³/mol. The standard InChI is InChI=1S/C43H51BClNO8/c1-40(2)41(3,4)52-44(51-40)34-15-11-29(12-16-34)27-50-39-31(13-10-28-18-21-46(22-19-28)20-8-6-7-9-37(47)48)14-17-35(38(39)45)43(49-5)42(53-54-43)33-24-30-23-32(26-33)36(42)25-30/h10-19,21-22,30,32-33,36H,6-9,20,23-27H2,1-5H3/p+1/b13-10+. The van der Waals surface area contributed by atoms with Crippen molar-refractivity contribution in [2.45, 2.75) is 115 Å². The number of aliphatic carboxylic acids is 1. The Morgan fingerprint density at radius 3 is 2.31 bits per heavy atom. The number of halogens is 1. The van der Waals surface area contributed by atoms with Crippen molar-refractivity contribution in [1.82, 2.24) is 0 Å². The monoisotopic (exact) mass is 756 g/mol. The molecule has 0 radical (unpaired) electrons. The Labute approximate surface area is 324 Å². The molecule has 6 aliphatic rings. The first-order valence-electron chi connectivity index (χ1n) is 19.6. The number of hydrogen-bond acceptors (Lipinski definition) is 7. The number of methoxy groups -OCH3 is 1. The largest absolute Gasteiger partial charge is 0.494 e. The number of unbranched alkanes of at least 4 members (excludes halogenated alkanes) is 2. The number of pyridine rings is 1. The number of hydrogen-bond donors (Lipinski definition) is 1. The average molecular weight is 757 g/mol. The summed E-state index contributed by atoms with van der Waals surface area (Å²) in [5.41, 5.74) is 3.15. The number of ether oxygens (including phenoxy) is 2. The molecule has 9 nitrogen and oxygen atoms in total. The van der Waals surface area contributed by atoms with Gasteiger partial charge in [0.2, 0.25) is 0 Å². The SMILES string of the molecule is COC1(c2ccc(/C=C/c3cc[n+](CCCCCC(=O)O)cc3)c(OCc3ccc(B4OC(C)(C)C(C)(C)O4)cc3)c2Cl)OOC12C1CC3CC(C1)C2C3.